The lowest BCUT2D eigenvalue weighted by atomic mass is 10.2. The van der Waals surface area contributed by atoms with E-state index in [0.29, 0.717) is 12.5 Å². The number of carbonyl (C=O) groups excluding carboxylic acids is 1. The molecule has 0 heterocycles. The van der Waals surface area contributed by atoms with Crippen molar-refractivity contribution in [2.24, 2.45) is 5.92 Å². The zero-order valence-corrected chi connectivity index (χ0v) is 14.3. The summed E-state index contributed by atoms with van der Waals surface area (Å²) in [6.45, 7) is 5.05. The molecule has 0 unspecified atom stereocenters. The van der Waals surface area contributed by atoms with Gasteiger partial charge >= 0.3 is 0 Å². The summed E-state index contributed by atoms with van der Waals surface area (Å²) in [5, 5.41) is 5.93. The van der Waals surface area contributed by atoms with E-state index in [1.165, 1.54) is 0 Å². The van der Waals surface area contributed by atoms with Crippen LogP contribution in [0.15, 0.2) is 48.5 Å². The predicted molar refractivity (Wildman–Crippen MR) is 96.9 cm³/mol. The van der Waals surface area contributed by atoms with Gasteiger partial charge in [0.2, 0.25) is 5.91 Å². The van der Waals surface area contributed by atoms with Crippen LogP contribution in [0.25, 0.3) is 0 Å². The first-order valence-electron chi connectivity index (χ1n) is 7.97. The quantitative estimate of drug-likeness (QED) is 0.774. The Morgan fingerprint density at radius 3 is 2.46 bits per heavy atom. The van der Waals surface area contributed by atoms with E-state index in [0.717, 1.165) is 22.9 Å². The highest BCUT2D eigenvalue weighted by atomic mass is 16.5. The van der Waals surface area contributed by atoms with Gasteiger partial charge in [-0.2, -0.15) is 0 Å². The highest BCUT2D eigenvalue weighted by molar-refractivity contribution is 5.93. The second-order valence-corrected chi connectivity index (χ2v) is 5.86. The number of carbonyl (C=O) groups is 1. The average Bonchev–Trinajstić information content (AvgIpc) is 2.59. The molecule has 128 valence electrons. The number of nitrogens with one attached hydrogen (secondary N) is 2. The number of benzene rings is 2. The van der Waals surface area contributed by atoms with Gasteiger partial charge in [0.1, 0.15) is 11.5 Å². The van der Waals surface area contributed by atoms with Crippen LogP contribution >= 0.6 is 0 Å². The van der Waals surface area contributed by atoms with Crippen LogP contribution in [0.5, 0.6) is 11.5 Å². The minimum atomic E-state index is -0.117. The van der Waals surface area contributed by atoms with Gasteiger partial charge in [-0.05, 0) is 42.3 Å². The maximum atomic E-state index is 12.0. The summed E-state index contributed by atoms with van der Waals surface area (Å²) < 4.78 is 10.8. The molecule has 5 nitrogen and oxygen atoms in total. The molecule has 1 amide bonds. The monoisotopic (exact) mass is 328 g/mol. The molecular formula is C19H24N2O3. The normalized spacial score (nSPS) is 10.3. The lowest BCUT2D eigenvalue weighted by Gasteiger charge is -2.11. The molecule has 0 aliphatic rings. The molecule has 2 aromatic rings. The molecule has 2 N–H and O–H groups in total. The van der Waals surface area contributed by atoms with Crippen LogP contribution in [0, 0.1) is 5.92 Å². The number of amides is 1. The third-order valence-electron chi connectivity index (χ3n) is 3.24. The molecule has 0 fully saturated rings. The van der Waals surface area contributed by atoms with Crippen molar-refractivity contribution < 1.29 is 14.3 Å². The Bertz CT molecular complexity index is 654. The van der Waals surface area contributed by atoms with Crippen molar-refractivity contribution in [3.63, 3.8) is 0 Å². The molecule has 0 aliphatic carbocycles. The Kier molecular flexibility index (Phi) is 6.49. The van der Waals surface area contributed by atoms with Crippen LogP contribution in [0.2, 0.25) is 0 Å². The van der Waals surface area contributed by atoms with Crippen molar-refractivity contribution in [1.29, 1.82) is 0 Å². The summed E-state index contributed by atoms with van der Waals surface area (Å²) in [4.78, 5) is 12.0. The van der Waals surface area contributed by atoms with E-state index >= 15 is 0 Å². The van der Waals surface area contributed by atoms with Crippen LogP contribution in [-0.4, -0.2) is 26.2 Å². The number of hydrogen-bond donors (Lipinski definition) is 2. The summed E-state index contributed by atoms with van der Waals surface area (Å²) >= 11 is 0. The van der Waals surface area contributed by atoms with Crippen molar-refractivity contribution in [2.75, 3.05) is 30.9 Å². The smallest absolute Gasteiger partial charge is 0.243 e. The van der Waals surface area contributed by atoms with Gasteiger partial charge in [-0.3, -0.25) is 4.79 Å². The molecule has 0 aliphatic heterocycles. The van der Waals surface area contributed by atoms with Crippen LogP contribution in [0.3, 0.4) is 0 Å². The number of anilines is 2. The molecule has 0 radical (unpaired) electrons. The summed E-state index contributed by atoms with van der Waals surface area (Å²) in [7, 11) is 1.61. The van der Waals surface area contributed by atoms with Crippen LogP contribution in [-0.2, 0) is 4.79 Å². The van der Waals surface area contributed by atoms with E-state index in [1.54, 1.807) is 31.4 Å². The molecule has 0 saturated heterocycles. The van der Waals surface area contributed by atoms with Crippen molar-refractivity contribution >= 4 is 17.3 Å². The highest BCUT2D eigenvalue weighted by Gasteiger charge is 2.04. The van der Waals surface area contributed by atoms with Gasteiger partial charge < -0.3 is 20.1 Å². The van der Waals surface area contributed by atoms with Gasteiger partial charge in [0.25, 0.3) is 0 Å². The lowest BCUT2D eigenvalue weighted by Crippen LogP contribution is -2.21. The largest absolute Gasteiger partial charge is 0.497 e. The second kappa shape index (κ2) is 8.82. The van der Waals surface area contributed by atoms with Crippen LogP contribution in [0.1, 0.15) is 13.8 Å². The predicted octanol–water partition coefficient (Wildman–Crippen LogP) is 3.78. The lowest BCUT2D eigenvalue weighted by molar-refractivity contribution is -0.114. The summed E-state index contributed by atoms with van der Waals surface area (Å²) in [6, 6.07) is 14.8. The molecule has 0 bridgehead atoms. The molecule has 2 aromatic carbocycles. The molecule has 0 aromatic heterocycles. The average molecular weight is 328 g/mol. The first-order chi connectivity index (χ1) is 11.6. The van der Waals surface area contributed by atoms with Gasteiger partial charge in [0.15, 0.2) is 0 Å². The van der Waals surface area contributed by atoms with Gasteiger partial charge in [-0.25, -0.2) is 0 Å². The Morgan fingerprint density at radius 2 is 1.79 bits per heavy atom. The topological polar surface area (TPSA) is 59.6 Å². The van der Waals surface area contributed by atoms with Crippen molar-refractivity contribution in [1.82, 2.24) is 0 Å². The maximum Gasteiger partial charge on any atom is 0.243 e. The highest BCUT2D eigenvalue weighted by Crippen LogP contribution is 2.18. The maximum absolute atomic E-state index is 12.0. The van der Waals surface area contributed by atoms with Gasteiger partial charge in [0, 0.05) is 17.4 Å². The fourth-order valence-corrected chi connectivity index (χ4v) is 2.02. The number of rotatable bonds is 8. The Hall–Kier alpha value is -2.69. The SMILES string of the molecule is COc1ccc(NC(=O)CNc2cccc(OCC(C)C)c2)cc1. The van der Waals surface area contributed by atoms with Crippen LogP contribution < -0.4 is 20.1 Å². The van der Waals surface area contributed by atoms with E-state index in [1.807, 2.05) is 24.3 Å². The fourth-order valence-electron chi connectivity index (χ4n) is 2.02. The third kappa shape index (κ3) is 5.83. The van der Waals surface area contributed by atoms with Crippen molar-refractivity contribution in [3.8, 4) is 11.5 Å². The first kappa shape index (κ1) is 17.7. The fraction of sp³-hybridized carbons (Fsp3) is 0.316. The molecule has 0 spiro atoms. The molecule has 24 heavy (non-hydrogen) atoms. The summed E-state index contributed by atoms with van der Waals surface area (Å²) in [5.41, 5.74) is 1.58. The second-order valence-electron chi connectivity index (χ2n) is 5.86. The number of methoxy groups -OCH3 is 1. The van der Waals surface area contributed by atoms with E-state index in [4.69, 9.17) is 9.47 Å². The van der Waals surface area contributed by atoms with E-state index in [2.05, 4.69) is 24.5 Å². The summed E-state index contributed by atoms with van der Waals surface area (Å²) in [5.74, 6) is 1.90. The Labute approximate surface area is 143 Å². The van der Waals surface area contributed by atoms with Crippen molar-refractivity contribution in [2.45, 2.75) is 13.8 Å². The zero-order chi connectivity index (χ0) is 17.4. The Balaban J connectivity index is 1.83. The standard InChI is InChI=1S/C19H24N2O3/c1-14(2)13-24-18-6-4-5-16(11-18)20-12-19(22)21-15-7-9-17(23-3)10-8-15/h4-11,14,20H,12-13H2,1-3H3,(H,21,22). The first-order valence-corrected chi connectivity index (χ1v) is 7.97. The van der Waals surface area contributed by atoms with E-state index in [-0.39, 0.29) is 12.5 Å². The van der Waals surface area contributed by atoms with Crippen molar-refractivity contribution in [3.05, 3.63) is 48.5 Å². The van der Waals surface area contributed by atoms with E-state index < -0.39 is 0 Å². The molecule has 0 atom stereocenters. The zero-order valence-electron chi connectivity index (χ0n) is 14.3. The van der Waals surface area contributed by atoms with Gasteiger partial charge in [0.05, 0.1) is 20.3 Å². The minimum absolute atomic E-state index is 0.117. The minimum Gasteiger partial charge on any atom is -0.497 e. The molecule has 0 saturated carbocycles. The Morgan fingerprint density at radius 1 is 1.04 bits per heavy atom. The number of ether oxygens (including phenoxy) is 2. The molecular weight excluding hydrogens is 304 g/mol. The third-order valence-corrected chi connectivity index (χ3v) is 3.24. The molecule has 5 heteroatoms. The summed E-state index contributed by atoms with van der Waals surface area (Å²) in [6.07, 6.45) is 0. The van der Waals surface area contributed by atoms with Crippen LogP contribution in [0.4, 0.5) is 11.4 Å². The number of hydrogen-bond acceptors (Lipinski definition) is 4. The van der Waals surface area contributed by atoms with Gasteiger partial charge in [-0.15, -0.1) is 0 Å². The molecule has 2 rings (SSSR count). The van der Waals surface area contributed by atoms with E-state index in [9.17, 15) is 4.79 Å². The van der Waals surface area contributed by atoms with Gasteiger partial charge in [-0.1, -0.05) is 19.9 Å².